The number of unbranched alkanes of at least 4 members (excludes halogenated alkanes) is 16. The second-order valence-corrected chi connectivity index (χ2v) is 14.6. The lowest BCUT2D eigenvalue weighted by Crippen LogP contribution is -2.13. The van der Waals surface area contributed by atoms with Crippen LogP contribution in [0, 0.1) is 10.7 Å². The zero-order valence-electron chi connectivity index (χ0n) is 22.8. The first-order chi connectivity index (χ1) is 15.7. The molecule has 0 spiro atoms. The molecule has 0 atom stereocenters. The highest BCUT2D eigenvalue weighted by atomic mass is 32.1. The van der Waals surface area contributed by atoms with Gasteiger partial charge < -0.3 is 12.6 Å². The number of thiocyanates is 1. The Morgan fingerprint density at radius 2 is 0.656 bits per heavy atom. The Morgan fingerprint density at radius 1 is 0.438 bits per heavy atom. The van der Waals surface area contributed by atoms with Crippen LogP contribution in [0.15, 0.2) is 0 Å². The SMILES string of the molecule is CCCCCCCCCCCCCCCC[P+](CCCC)(CCCC)CCCC.N#C[S-]. The van der Waals surface area contributed by atoms with Crippen molar-refractivity contribution in [3.8, 4) is 5.40 Å². The highest BCUT2D eigenvalue weighted by Gasteiger charge is 2.34. The molecule has 0 aromatic heterocycles. The normalized spacial score (nSPS) is 11.1. The predicted molar refractivity (Wildman–Crippen MR) is 154 cm³/mol. The average molecular weight is 486 g/mol. The molecule has 0 aromatic rings. The topological polar surface area (TPSA) is 23.8 Å². The van der Waals surface area contributed by atoms with Gasteiger partial charge in [-0.1, -0.05) is 129 Å². The number of nitrogens with zero attached hydrogens (tertiary/aromatic N) is 1. The Kier molecular flexibility index (Phi) is 31.3. The summed E-state index contributed by atoms with van der Waals surface area (Å²) in [6.45, 7) is 9.48. The molecule has 0 heterocycles. The van der Waals surface area contributed by atoms with Crippen molar-refractivity contribution in [1.82, 2.24) is 0 Å². The molecule has 0 rings (SSSR count). The highest BCUT2D eigenvalue weighted by Crippen LogP contribution is 2.61. The molecule has 32 heavy (non-hydrogen) atoms. The van der Waals surface area contributed by atoms with Gasteiger partial charge in [0.15, 0.2) is 0 Å². The second kappa shape index (κ2) is 29.2. The molecule has 0 fully saturated rings. The lowest BCUT2D eigenvalue weighted by atomic mass is 10.0. The molecule has 0 N–H and O–H groups in total. The first-order valence-electron chi connectivity index (χ1n) is 14.5. The largest absolute Gasteiger partial charge is 0.696 e. The molecule has 1 nitrogen and oxygen atoms in total. The predicted octanol–water partition coefficient (Wildman–Crippen LogP) is 10.9. The van der Waals surface area contributed by atoms with Crippen LogP contribution in [0.4, 0.5) is 0 Å². The van der Waals surface area contributed by atoms with E-state index in [1.165, 1.54) is 127 Å². The van der Waals surface area contributed by atoms with Gasteiger partial charge in [-0.05, 0) is 32.1 Å². The van der Waals surface area contributed by atoms with Crippen molar-refractivity contribution in [3.05, 3.63) is 0 Å². The van der Waals surface area contributed by atoms with Crippen molar-refractivity contribution in [2.24, 2.45) is 0 Å². The van der Waals surface area contributed by atoms with Gasteiger partial charge in [0.1, 0.15) is 0 Å². The van der Waals surface area contributed by atoms with Gasteiger partial charge in [0.05, 0.1) is 24.6 Å². The van der Waals surface area contributed by atoms with E-state index in [-0.39, 0.29) is 0 Å². The average Bonchev–Trinajstić information content (AvgIpc) is 2.80. The number of rotatable bonds is 24. The fraction of sp³-hybridized carbons (Fsp3) is 0.966. The summed E-state index contributed by atoms with van der Waals surface area (Å²) in [5.41, 5.74) is 0. The van der Waals surface area contributed by atoms with E-state index in [4.69, 9.17) is 5.26 Å². The summed E-state index contributed by atoms with van der Waals surface area (Å²) >= 11 is 3.70. The lowest BCUT2D eigenvalue weighted by molar-refractivity contribution is 0.538. The van der Waals surface area contributed by atoms with Crippen LogP contribution in [0.25, 0.3) is 0 Å². The van der Waals surface area contributed by atoms with E-state index in [0.717, 1.165) is 0 Å². The van der Waals surface area contributed by atoms with Crippen LogP contribution < -0.4 is 0 Å². The summed E-state index contributed by atoms with van der Waals surface area (Å²) in [4.78, 5) is 0. The van der Waals surface area contributed by atoms with Gasteiger partial charge in [0.25, 0.3) is 0 Å². The molecule has 0 aliphatic heterocycles. The van der Waals surface area contributed by atoms with E-state index in [2.05, 4.69) is 40.3 Å². The quantitative estimate of drug-likeness (QED) is 0.0587. The van der Waals surface area contributed by atoms with E-state index in [1.807, 2.05) is 0 Å². The zero-order valence-corrected chi connectivity index (χ0v) is 24.5. The third-order valence-corrected chi connectivity index (χ3v) is 12.0. The summed E-state index contributed by atoms with van der Waals surface area (Å²) in [5.74, 6) is 0. The van der Waals surface area contributed by atoms with Gasteiger partial charge in [0, 0.05) is 7.26 Å². The monoisotopic (exact) mass is 485 g/mol. The van der Waals surface area contributed by atoms with Crippen LogP contribution in [-0.2, 0) is 12.6 Å². The van der Waals surface area contributed by atoms with Crippen molar-refractivity contribution < 1.29 is 0 Å². The minimum Gasteiger partial charge on any atom is -0.696 e. The van der Waals surface area contributed by atoms with Gasteiger partial charge in [0.2, 0.25) is 0 Å². The number of hydrogen-bond donors (Lipinski definition) is 0. The van der Waals surface area contributed by atoms with Gasteiger partial charge in [-0.2, -0.15) is 0 Å². The van der Waals surface area contributed by atoms with Crippen LogP contribution in [-0.4, -0.2) is 24.6 Å². The summed E-state index contributed by atoms with van der Waals surface area (Å²) in [6, 6.07) is 0. The summed E-state index contributed by atoms with van der Waals surface area (Å²) in [6.07, 6.45) is 36.0. The van der Waals surface area contributed by atoms with Crippen LogP contribution >= 0.6 is 7.26 Å². The minimum absolute atomic E-state index is 0.630. The summed E-state index contributed by atoms with van der Waals surface area (Å²) in [7, 11) is -0.630. The number of hydrogen-bond acceptors (Lipinski definition) is 2. The Balaban J connectivity index is 0. The molecule has 0 radical (unpaired) electrons. The fourth-order valence-electron chi connectivity index (χ4n) is 4.79. The van der Waals surface area contributed by atoms with E-state index in [9.17, 15) is 0 Å². The van der Waals surface area contributed by atoms with Gasteiger partial charge in [-0.25, -0.2) is 5.26 Å². The zero-order chi connectivity index (χ0) is 24.2. The highest BCUT2D eigenvalue weighted by molar-refractivity contribution is 7.75. The Hall–Kier alpha value is 0.140. The Bertz CT molecular complexity index is 358. The molecule has 0 aliphatic carbocycles. The van der Waals surface area contributed by atoms with Crippen molar-refractivity contribution in [2.75, 3.05) is 24.6 Å². The van der Waals surface area contributed by atoms with Crippen molar-refractivity contribution in [1.29, 1.82) is 5.26 Å². The van der Waals surface area contributed by atoms with Crippen LogP contribution in [0.2, 0.25) is 0 Å². The molecule has 0 unspecified atom stereocenters. The van der Waals surface area contributed by atoms with Gasteiger partial charge in [-0.3, -0.25) is 0 Å². The smallest absolute Gasteiger partial charge is 0.0594 e. The van der Waals surface area contributed by atoms with Crippen LogP contribution in [0.3, 0.4) is 0 Å². The molecule has 0 amide bonds. The van der Waals surface area contributed by atoms with E-state index in [0.29, 0.717) is 0 Å². The molecule has 0 saturated carbocycles. The van der Waals surface area contributed by atoms with Gasteiger partial charge >= 0.3 is 0 Å². The third kappa shape index (κ3) is 24.8. The lowest BCUT2D eigenvalue weighted by Gasteiger charge is -2.28. The van der Waals surface area contributed by atoms with E-state index in [1.54, 1.807) is 31.1 Å². The molecule has 0 saturated heterocycles. The molecule has 0 aromatic carbocycles. The molecule has 0 bridgehead atoms. The molecule has 0 aliphatic rings. The standard InChI is InChI=1S/C28H60P.CHNS/c1-5-9-13-14-15-16-17-18-19-20-21-22-23-24-28-29(25-10-6-2,26-11-7-3)27-12-8-4;2-1-3/h5-28H2,1-4H3;3H/q+1;/p-1. The molecule has 192 valence electrons. The molecular formula is C29H60NPS. The van der Waals surface area contributed by atoms with Crippen molar-refractivity contribution in [3.63, 3.8) is 0 Å². The van der Waals surface area contributed by atoms with E-state index < -0.39 is 7.26 Å². The van der Waals surface area contributed by atoms with Crippen molar-refractivity contribution >= 4 is 19.9 Å². The number of nitriles is 1. The maximum Gasteiger partial charge on any atom is 0.0594 e. The van der Waals surface area contributed by atoms with E-state index >= 15 is 0 Å². The Labute approximate surface area is 211 Å². The van der Waals surface area contributed by atoms with Gasteiger partial charge in [-0.15, -0.1) is 0 Å². The maximum absolute atomic E-state index is 7.13. The summed E-state index contributed by atoms with van der Waals surface area (Å²) in [5, 5.41) is 8.47. The Morgan fingerprint density at radius 3 is 0.938 bits per heavy atom. The fourth-order valence-corrected chi connectivity index (χ4v) is 9.99. The van der Waals surface area contributed by atoms with Crippen molar-refractivity contribution in [2.45, 2.75) is 156 Å². The minimum atomic E-state index is -0.630. The molecule has 3 heteroatoms. The maximum atomic E-state index is 7.13. The second-order valence-electron chi connectivity index (χ2n) is 9.98. The first-order valence-corrected chi connectivity index (χ1v) is 17.5. The van der Waals surface area contributed by atoms with Crippen LogP contribution in [0.5, 0.6) is 0 Å². The summed E-state index contributed by atoms with van der Waals surface area (Å²) < 4.78 is 0. The third-order valence-electron chi connectivity index (χ3n) is 6.94. The molecular weight excluding hydrogens is 425 g/mol. The van der Waals surface area contributed by atoms with Crippen LogP contribution in [0.1, 0.15) is 156 Å². The first kappa shape index (κ1) is 34.3.